The van der Waals surface area contributed by atoms with Crippen LogP contribution < -0.4 is 10.6 Å². The molecule has 0 aliphatic rings. The molecule has 1 atom stereocenters. The van der Waals surface area contributed by atoms with E-state index in [1.165, 1.54) is 0 Å². The van der Waals surface area contributed by atoms with E-state index >= 15 is 0 Å². The van der Waals surface area contributed by atoms with Gasteiger partial charge in [-0.15, -0.1) is 10.2 Å². The Balaban J connectivity index is 2.50. The number of amides is 1. The van der Waals surface area contributed by atoms with Crippen molar-refractivity contribution < 1.29 is 9.90 Å². The van der Waals surface area contributed by atoms with Gasteiger partial charge in [-0.3, -0.25) is 4.79 Å². The molecule has 0 aliphatic heterocycles. The Labute approximate surface area is 113 Å². The summed E-state index contributed by atoms with van der Waals surface area (Å²) in [4.78, 5) is 11.5. The van der Waals surface area contributed by atoms with Gasteiger partial charge in [0.2, 0.25) is 0 Å². The number of rotatable bonds is 8. The summed E-state index contributed by atoms with van der Waals surface area (Å²) in [5.74, 6) is 0.840. The molecule has 1 heterocycles. The minimum absolute atomic E-state index is 0.196. The van der Waals surface area contributed by atoms with Gasteiger partial charge in [0, 0.05) is 19.7 Å². The highest BCUT2D eigenvalue weighted by molar-refractivity contribution is 5.92. The lowest BCUT2D eigenvalue weighted by Gasteiger charge is -2.14. The predicted octanol–water partition coefficient (Wildman–Crippen LogP) is 1.05. The fraction of sp³-hybridized carbons (Fsp3) is 0.615. The van der Waals surface area contributed by atoms with E-state index in [9.17, 15) is 4.79 Å². The molecule has 1 aromatic heterocycles. The highest BCUT2D eigenvalue weighted by Gasteiger charge is 2.08. The van der Waals surface area contributed by atoms with E-state index in [-0.39, 0.29) is 12.5 Å². The smallest absolute Gasteiger partial charge is 0.271 e. The Morgan fingerprint density at radius 2 is 2.16 bits per heavy atom. The van der Waals surface area contributed by atoms with Crippen LogP contribution in [0.5, 0.6) is 0 Å². The average Bonchev–Trinajstić information content (AvgIpc) is 2.44. The first-order valence-electron chi connectivity index (χ1n) is 6.67. The van der Waals surface area contributed by atoms with Gasteiger partial charge in [-0.05, 0) is 31.4 Å². The molecule has 1 aromatic rings. The summed E-state index contributed by atoms with van der Waals surface area (Å²) < 4.78 is 0. The van der Waals surface area contributed by atoms with Crippen LogP contribution in [-0.2, 0) is 0 Å². The topological polar surface area (TPSA) is 87.1 Å². The van der Waals surface area contributed by atoms with Gasteiger partial charge in [0.25, 0.3) is 5.91 Å². The standard InChI is InChI=1S/C13H22N4O2/c1-3-10(7-8-18)9-15-12-6-5-11(16-17-12)13(19)14-4-2/h5-6,10,18H,3-4,7-9H2,1-2H3,(H,14,19)(H,15,17). The number of nitrogens with zero attached hydrogens (tertiary/aromatic N) is 2. The second-order valence-corrected chi connectivity index (χ2v) is 4.33. The number of hydrogen-bond acceptors (Lipinski definition) is 5. The summed E-state index contributed by atoms with van der Waals surface area (Å²) in [7, 11) is 0. The van der Waals surface area contributed by atoms with Crippen LogP contribution in [0.2, 0.25) is 0 Å². The van der Waals surface area contributed by atoms with Gasteiger partial charge in [-0.1, -0.05) is 13.3 Å². The number of nitrogens with one attached hydrogen (secondary N) is 2. The highest BCUT2D eigenvalue weighted by Crippen LogP contribution is 2.09. The van der Waals surface area contributed by atoms with Gasteiger partial charge in [0.05, 0.1) is 0 Å². The summed E-state index contributed by atoms with van der Waals surface area (Å²) in [6, 6.07) is 3.39. The lowest BCUT2D eigenvalue weighted by atomic mass is 10.0. The van der Waals surface area contributed by atoms with Crippen molar-refractivity contribution in [3.63, 3.8) is 0 Å². The molecule has 6 nitrogen and oxygen atoms in total. The lowest BCUT2D eigenvalue weighted by molar-refractivity contribution is 0.0950. The highest BCUT2D eigenvalue weighted by atomic mass is 16.3. The largest absolute Gasteiger partial charge is 0.396 e. The fourth-order valence-corrected chi connectivity index (χ4v) is 1.68. The molecule has 3 N–H and O–H groups in total. The van der Waals surface area contributed by atoms with Gasteiger partial charge >= 0.3 is 0 Å². The molecule has 1 unspecified atom stereocenters. The number of aliphatic hydroxyl groups excluding tert-OH is 1. The zero-order valence-electron chi connectivity index (χ0n) is 11.5. The maximum Gasteiger partial charge on any atom is 0.271 e. The molecule has 0 saturated heterocycles. The molecule has 106 valence electrons. The Hall–Kier alpha value is -1.69. The van der Waals surface area contributed by atoms with Crippen LogP contribution in [0.15, 0.2) is 12.1 Å². The van der Waals surface area contributed by atoms with Crippen molar-refractivity contribution in [1.29, 1.82) is 0 Å². The van der Waals surface area contributed by atoms with E-state index < -0.39 is 0 Å². The van der Waals surface area contributed by atoms with Crippen LogP contribution >= 0.6 is 0 Å². The molecule has 0 saturated carbocycles. The number of hydrogen-bond donors (Lipinski definition) is 3. The number of carbonyl (C=O) groups is 1. The van der Waals surface area contributed by atoms with Gasteiger partial charge in [0.1, 0.15) is 5.82 Å². The van der Waals surface area contributed by atoms with Crippen LogP contribution in [0.25, 0.3) is 0 Å². The zero-order chi connectivity index (χ0) is 14.1. The van der Waals surface area contributed by atoms with Crippen molar-refractivity contribution in [3.05, 3.63) is 17.8 Å². The summed E-state index contributed by atoms with van der Waals surface area (Å²) in [5, 5.41) is 22.6. The quantitative estimate of drug-likeness (QED) is 0.654. The first-order chi connectivity index (χ1) is 9.21. The van der Waals surface area contributed by atoms with Gasteiger partial charge < -0.3 is 15.7 Å². The zero-order valence-corrected chi connectivity index (χ0v) is 11.5. The van der Waals surface area contributed by atoms with Crippen LogP contribution in [0.3, 0.4) is 0 Å². The van der Waals surface area contributed by atoms with Crippen molar-refractivity contribution >= 4 is 11.7 Å². The molecule has 1 amide bonds. The summed E-state index contributed by atoms with van der Waals surface area (Å²) in [6.07, 6.45) is 1.77. The third kappa shape index (κ3) is 5.21. The number of aromatic nitrogens is 2. The molecule has 0 aliphatic carbocycles. The molecule has 6 heteroatoms. The Kier molecular flexibility index (Phi) is 6.81. The van der Waals surface area contributed by atoms with E-state index in [1.54, 1.807) is 12.1 Å². The molecule has 0 bridgehead atoms. The Bertz CT molecular complexity index is 381. The van der Waals surface area contributed by atoms with Gasteiger partial charge in [0.15, 0.2) is 5.69 Å². The lowest BCUT2D eigenvalue weighted by Crippen LogP contribution is -2.24. The van der Waals surface area contributed by atoms with Gasteiger partial charge in [-0.2, -0.15) is 0 Å². The first kappa shape index (κ1) is 15.4. The average molecular weight is 266 g/mol. The van der Waals surface area contributed by atoms with Crippen molar-refractivity contribution in [1.82, 2.24) is 15.5 Å². The molecule has 0 radical (unpaired) electrons. The summed E-state index contributed by atoms with van der Waals surface area (Å²) in [6.45, 7) is 5.45. The van der Waals surface area contributed by atoms with Crippen molar-refractivity contribution in [2.24, 2.45) is 5.92 Å². The van der Waals surface area contributed by atoms with E-state index in [2.05, 4.69) is 27.8 Å². The SMILES string of the molecule is CCNC(=O)c1ccc(NCC(CC)CCO)nn1. The molecule has 0 aromatic carbocycles. The maximum atomic E-state index is 11.5. The van der Waals surface area contributed by atoms with E-state index in [0.717, 1.165) is 19.4 Å². The van der Waals surface area contributed by atoms with Crippen molar-refractivity contribution in [2.45, 2.75) is 26.7 Å². The third-order valence-electron chi connectivity index (χ3n) is 2.92. The van der Waals surface area contributed by atoms with Crippen molar-refractivity contribution in [3.8, 4) is 0 Å². The molecule has 19 heavy (non-hydrogen) atoms. The monoisotopic (exact) mass is 266 g/mol. The number of carbonyl (C=O) groups excluding carboxylic acids is 1. The molecular formula is C13H22N4O2. The molecule has 1 rings (SSSR count). The minimum atomic E-state index is -0.215. The van der Waals surface area contributed by atoms with E-state index in [1.807, 2.05) is 6.92 Å². The normalized spacial score (nSPS) is 11.9. The van der Waals surface area contributed by atoms with Gasteiger partial charge in [-0.25, -0.2) is 0 Å². The Morgan fingerprint density at radius 1 is 1.37 bits per heavy atom. The van der Waals surface area contributed by atoms with E-state index in [0.29, 0.717) is 24.0 Å². The molecular weight excluding hydrogens is 244 g/mol. The second kappa shape index (κ2) is 8.42. The number of aliphatic hydroxyl groups is 1. The maximum absolute atomic E-state index is 11.5. The first-order valence-corrected chi connectivity index (χ1v) is 6.67. The van der Waals surface area contributed by atoms with Crippen LogP contribution in [0, 0.1) is 5.92 Å². The van der Waals surface area contributed by atoms with Crippen LogP contribution in [-0.4, -0.2) is 40.9 Å². The Morgan fingerprint density at radius 3 is 2.68 bits per heavy atom. The number of anilines is 1. The molecule has 0 spiro atoms. The third-order valence-corrected chi connectivity index (χ3v) is 2.92. The summed E-state index contributed by atoms with van der Waals surface area (Å²) >= 11 is 0. The summed E-state index contributed by atoms with van der Waals surface area (Å²) in [5.41, 5.74) is 0.315. The van der Waals surface area contributed by atoms with Crippen molar-refractivity contribution in [2.75, 3.05) is 25.0 Å². The fourth-order valence-electron chi connectivity index (χ4n) is 1.68. The predicted molar refractivity (Wildman–Crippen MR) is 74.0 cm³/mol. The van der Waals surface area contributed by atoms with Crippen LogP contribution in [0.4, 0.5) is 5.82 Å². The second-order valence-electron chi connectivity index (χ2n) is 4.33. The van der Waals surface area contributed by atoms with E-state index in [4.69, 9.17) is 5.11 Å². The minimum Gasteiger partial charge on any atom is -0.396 e. The van der Waals surface area contributed by atoms with Crippen LogP contribution in [0.1, 0.15) is 37.2 Å². The molecule has 0 fully saturated rings.